The SMILES string of the molecule is C#CCCN(C)CC(C)(C)C. The minimum absolute atomic E-state index is 0.378. The van der Waals surface area contributed by atoms with Gasteiger partial charge in [-0.1, -0.05) is 20.8 Å². The number of rotatable bonds is 3. The summed E-state index contributed by atoms with van der Waals surface area (Å²) in [5.74, 6) is 2.64. The zero-order valence-corrected chi connectivity index (χ0v) is 8.15. The lowest BCUT2D eigenvalue weighted by Gasteiger charge is -2.25. The first-order valence-corrected chi connectivity index (χ1v) is 4.08. The maximum Gasteiger partial charge on any atom is 0.0214 e. The molecule has 0 aromatic heterocycles. The van der Waals surface area contributed by atoms with Crippen LogP contribution in [0.25, 0.3) is 0 Å². The lowest BCUT2D eigenvalue weighted by molar-refractivity contribution is 0.231. The van der Waals surface area contributed by atoms with E-state index in [-0.39, 0.29) is 0 Å². The predicted molar refractivity (Wildman–Crippen MR) is 50.4 cm³/mol. The van der Waals surface area contributed by atoms with Crippen molar-refractivity contribution in [3.05, 3.63) is 0 Å². The molecule has 0 aromatic carbocycles. The zero-order chi connectivity index (χ0) is 8.91. The molecule has 1 nitrogen and oxygen atoms in total. The average Bonchev–Trinajstić information content (AvgIpc) is 1.79. The van der Waals surface area contributed by atoms with E-state index in [0.29, 0.717) is 5.41 Å². The molecule has 0 saturated carbocycles. The molecule has 0 radical (unpaired) electrons. The quantitative estimate of drug-likeness (QED) is 0.560. The van der Waals surface area contributed by atoms with Gasteiger partial charge in [0.05, 0.1) is 0 Å². The van der Waals surface area contributed by atoms with Gasteiger partial charge in [-0.3, -0.25) is 0 Å². The van der Waals surface area contributed by atoms with Gasteiger partial charge in [-0.25, -0.2) is 0 Å². The smallest absolute Gasteiger partial charge is 0.0214 e. The summed E-state index contributed by atoms with van der Waals surface area (Å²) < 4.78 is 0. The first kappa shape index (κ1) is 10.5. The molecule has 0 bridgehead atoms. The molecular weight excluding hydrogens is 134 g/mol. The normalized spacial score (nSPS) is 11.6. The van der Waals surface area contributed by atoms with Crippen molar-refractivity contribution in [3.8, 4) is 12.3 Å². The van der Waals surface area contributed by atoms with E-state index < -0.39 is 0 Å². The topological polar surface area (TPSA) is 3.24 Å². The van der Waals surface area contributed by atoms with Crippen LogP contribution in [0.4, 0.5) is 0 Å². The molecule has 0 aliphatic carbocycles. The van der Waals surface area contributed by atoms with E-state index in [1.165, 1.54) is 0 Å². The molecule has 11 heavy (non-hydrogen) atoms. The van der Waals surface area contributed by atoms with Crippen molar-refractivity contribution < 1.29 is 0 Å². The number of terminal acetylenes is 1. The summed E-state index contributed by atoms with van der Waals surface area (Å²) in [6.07, 6.45) is 6.02. The summed E-state index contributed by atoms with van der Waals surface area (Å²) in [5.41, 5.74) is 0.378. The number of hydrogen-bond acceptors (Lipinski definition) is 1. The molecule has 0 aliphatic heterocycles. The molecule has 0 heterocycles. The van der Waals surface area contributed by atoms with Crippen molar-refractivity contribution in [1.29, 1.82) is 0 Å². The zero-order valence-electron chi connectivity index (χ0n) is 8.15. The Morgan fingerprint density at radius 1 is 1.36 bits per heavy atom. The van der Waals surface area contributed by atoms with Crippen molar-refractivity contribution in [1.82, 2.24) is 4.90 Å². The molecular formula is C10H19N. The van der Waals surface area contributed by atoms with Gasteiger partial charge in [-0.05, 0) is 12.5 Å². The maximum atomic E-state index is 5.16. The van der Waals surface area contributed by atoms with E-state index in [4.69, 9.17) is 6.42 Å². The Balaban J connectivity index is 3.54. The Morgan fingerprint density at radius 2 is 1.91 bits per heavy atom. The van der Waals surface area contributed by atoms with Gasteiger partial charge in [-0.2, -0.15) is 0 Å². The van der Waals surface area contributed by atoms with Crippen LogP contribution in [0.5, 0.6) is 0 Å². The summed E-state index contributed by atoms with van der Waals surface area (Å²) in [7, 11) is 2.11. The van der Waals surface area contributed by atoms with Crippen molar-refractivity contribution in [2.24, 2.45) is 5.41 Å². The molecule has 0 rings (SSSR count). The van der Waals surface area contributed by atoms with Crippen LogP contribution in [-0.2, 0) is 0 Å². The second kappa shape index (κ2) is 4.41. The van der Waals surface area contributed by atoms with Gasteiger partial charge < -0.3 is 4.90 Å². The third kappa shape index (κ3) is 7.42. The maximum absolute atomic E-state index is 5.16. The Morgan fingerprint density at radius 3 is 2.27 bits per heavy atom. The Bertz CT molecular complexity index is 136. The van der Waals surface area contributed by atoms with Crippen LogP contribution in [0.1, 0.15) is 27.2 Å². The fourth-order valence-electron chi connectivity index (χ4n) is 1.14. The highest BCUT2D eigenvalue weighted by atomic mass is 15.1. The van der Waals surface area contributed by atoms with Crippen LogP contribution in [0.3, 0.4) is 0 Å². The molecule has 0 saturated heterocycles. The van der Waals surface area contributed by atoms with Gasteiger partial charge in [0.15, 0.2) is 0 Å². The third-order valence-electron chi connectivity index (χ3n) is 1.38. The van der Waals surface area contributed by atoms with E-state index in [2.05, 4.69) is 38.6 Å². The minimum Gasteiger partial charge on any atom is -0.305 e. The predicted octanol–water partition coefficient (Wildman–Crippen LogP) is 1.99. The van der Waals surface area contributed by atoms with Crippen molar-refractivity contribution in [2.45, 2.75) is 27.2 Å². The fraction of sp³-hybridized carbons (Fsp3) is 0.800. The van der Waals surface area contributed by atoms with E-state index in [0.717, 1.165) is 19.5 Å². The fourth-order valence-corrected chi connectivity index (χ4v) is 1.14. The van der Waals surface area contributed by atoms with Crippen LogP contribution < -0.4 is 0 Å². The second-order valence-electron chi connectivity index (χ2n) is 4.25. The largest absolute Gasteiger partial charge is 0.305 e. The molecule has 0 atom stereocenters. The molecule has 0 spiro atoms. The first-order chi connectivity index (χ1) is 4.95. The summed E-state index contributed by atoms with van der Waals surface area (Å²) in [4.78, 5) is 2.28. The van der Waals surface area contributed by atoms with Crippen LogP contribution in [-0.4, -0.2) is 25.0 Å². The van der Waals surface area contributed by atoms with Gasteiger partial charge in [0.25, 0.3) is 0 Å². The number of nitrogens with zero attached hydrogens (tertiary/aromatic N) is 1. The highest BCUT2D eigenvalue weighted by molar-refractivity contribution is 4.84. The van der Waals surface area contributed by atoms with E-state index in [9.17, 15) is 0 Å². The van der Waals surface area contributed by atoms with E-state index in [1.807, 2.05) is 0 Å². The van der Waals surface area contributed by atoms with Crippen LogP contribution in [0, 0.1) is 17.8 Å². The van der Waals surface area contributed by atoms with Crippen molar-refractivity contribution >= 4 is 0 Å². The molecule has 0 fully saturated rings. The van der Waals surface area contributed by atoms with Crippen LogP contribution >= 0.6 is 0 Å². The highest BCUT2D eigenvalue weighted by Gasteiger charge is 2.12. The summed E-state index contributed by atoms with van der Waals surface area (Å²) in [6, 6.07) is 0. The minimum atomic E-state index is 0.378. The van der Waals surface area contributed by atoms with E-state index in [1.54, 1.807) is 0 Å². The molecule has 64 valence electrons. The van der Waals surface area contributed by atoms with Crippen molar-refractivity contribution in [3.63, 3.8) is 0 Å². The highest BCUT2D eigenvalue weighted by Crippen LogP contribution is 2.13. The monoisotopic (exact) mass is 153 g/mol. The third-order valence-corrected chi connectivity index (χ3v) is 1.38. The molecule has 1 heteroatoms. The Kier molecular flexibility index (Phi) is 4.22. The lowest BCUT2D eigenvalue weighted by Crippen LogP contribution is -2.29. The number of hydrogen-bond donors (Lipinski definition) is 0. The molecule has 0 N–H and O–H groups in total. The van der Waals surface area contributed by atoms with Crippen LogP contribution in [0.15, 0.2) is 0 Å². The van der Waals surface area contributed by atoms with Gasteiger partial charge in [0.2, 0.25) is 0 Å². The second-order valence-corrected chi connectivity index (χ2v) is 4.25. The lowest BCUT2D eigenvalue weighted by atomic mass is 9.96. The van der Waals surface area contributed by atoms with Gasteiger partial charge >= 0.3 is 0 Å². The Hall–Kier alpha value is -0.480. The van der Waals surface area contributed by atoms with Gasteiger partial charge in [0, 0.05) is 19.5 Å². The summed E-state index contributed by atoms with van der Waals surface area (Å²) >= 11 is 0. The van der Waals surface area contributed by atoms with Crippen molar-refractivity contribution in [2.75, 3.05) is 20.1 Å². The summed E-state index contributed by atoms with van der Waals surface area (Å²) in [5, 5.41) is 0. The van der Waals surface area contributed by atoms with Gasteiger partial charge in [0.1, 0.15) is 0 Å². The molecule has 0 aliphatic rings. The van der Waals surface area contributed by atoms with E-state index >= 15 is 0 Å². The average molecular weight is 153 g/mol. The first-order valence-electron chi connectivity index (χ1n) is 4.08. The standard InChI is InChI=1S/C10H19N/c1-6-7-8-11(5)9-10(2,3)4/h1H,7-9H2,2-5H3. The molecule has 0 unspecified atom stereocenters. The summed E-state index contributed by atoms with van der Waals surface area (Å²) in [6.45, 7) is 8.82. The van der Waals surface area contributed by atoms with Gasteiger partial charge in [-0.15, -0.1) is 12.3 Å². The molecule has 0 amide bonds. The molecule has 0 aromatic rings. The Labute approximate surface area is 70.8 Å². The van der Waals surface area contributed by atoms with Crippen LogP contribution in [0.2, 0.25) is 0 Å².